The summed E-state index contributed by atoms with van der Waals surface area (Å²) in [6.07, 6.45) is 11.9. The van der Waals surface area contributed by atoms with Crippen molar-refractivity contribution < 1.29 is 16.7 Å². The van der Waals surface area contributed by atoms with Crippen molar-refractivity contribution in [2.24, 2.45) is 16.8 Å². The van der Waals surface area contributed by atoms with Gasteiger partial charge in [-0.25, -0.2) is 9.98 Å². The quantitative estimate of drug-likeness (QED) is 0.744. The van der Waals surface area contributed by atoms with Gasteiger partial charge in [-0.3, -0.25) is 0 Å². The molecule has 3 aliphatic rings. The Kier molecular flexibility index (Phi) is 5.19. The summed E-state index contributed by atoms with van der Waals surface area (Å²) in [6, 6.07) is 3.93. The molecule has 1 aromatic rings. The predicted molar refractivity (Wildman–Crippen MR) is 107 cm³/mol. The number of pyridine rings is 1. The van der Waals surface area contributed by atoms with Crippen molar-refractivity contribution in [3.8, 4) is 0 Å². The molecule has 0 aromatic carbocycles. The van der Waals surface area contributed by atoms with Gasteiger partial charge < -0.3 is 10.4 Å². The number of aliphatic hydroxyl groups is 1. The van der Waals surface area contributed by atoms with E-state index in [2.05, 4.69) is 27.4 Å². The molecule has 27 heavy (non-hydrogen) atoms. The number of halogens is 1. The maximum atomic E-state index is 10.3. The minimum absolute atomic E-state index is 0.291. The average Bonchev–Trinajstić information content (AvgIpc) is 3.02. The van der Waals surface area contributed by atoms with Gasteiger partial charge in [-0.1, -0.05) is 23.9 Å². The Balaban J connectivity index is 1.62. The van der Waals surface area contributed by atoms with Gasteiger partial charge in [0.2, 0.25) is 5.02 Å². The lowest BCUT2D eigenvalue weighted by Gasteiger charge is -2.29. The van der Waals surface area contributed by atoms with E-state index < -0.39 is 5.60 Å². The summed E-state index contributed by atoms with van der Waals surface area (Å²) < 4.78 is 0. The van der Waals surface area contributed by atoms with Crippen LogP contribution in [0.1, 0.15) is 39.5 Å². The van der Waals surface area contributed by atoms with Crippen molar-refractivity contribution in [1.29, 1.82) is 0 Å². The molecule has 4 rings (SSSR count). The number of allylic oxidation sites excluding steroid dienone is 3. The number of rotatable bonds is 4. The van der Waals surface area contributed by atoms with Crippen molar-refractivity contribution in [1.82, 2.24) is 10.3 Å². The van der Waals surface area contributed by atoms with Gasteiger partial charge in [-0.15, -0.1) is 0 Å². The minimum Gasteiger partial charge on any atom is -0.386 e. The molecular weight excluding hydrogens is 378 g/mol. The number of thioether (sulfide) groups is 1. The first-order valence-electron chi connectivity index (χ1n) is 9.38. The maximum Gasteiger partial charge on any atom is 0.243 e. The summed E-state index contributed by atoms with van der Waals surface area (Å²) in [7, 11) is 0. The van der Waals surface area contributed by atoms with E-state index in [1.807, 2.05) is 32.2 Å². The SMILES string of the molecule is CC(C)(O)C1=CCC(C2=C(Sc3ccc([ClH+])cn3)C3CC=CN=C3N2)CC1. The van der Waals surface area contributed by atoms with E-state index >= 15 is 0 Å². The Morgan fingerprint density at radius 3 is 2.81 bits per heavy atom. The third-order valence-corrected chi connectivity index (χ3v) is 6.81. The Bertz CT molecular complexity index is 849. The molecule has 0 radical (unpaired) electrons. The first-order chi connectivity index (χ1) is 12.9. The molecule has 0 saturated heterocycles. The molecule has 4 nitrogen and oxygen atoms in total. The van der Waals surface area contributed by atoms with Crippen LogP contribution in [0.3, 0.4) is 0 Å². The molecule has 6 heteroatoms. The van der Waals surface area contributed by atoms with Crippen molar-refractivity contribution in [2.75, 3.05) is 0 Å². The van der Waals surface area contributed by atoms with E-state index in [-0.39, 0.29) is 0 Å². The van der Waals surface area contributed by atoms with Gasteiger partial charge in [-0.05, 0) is 51.2 Å². The molecule has 0 fully saturated rings. The topological polar surface area (TPSA) is 57.5 Å². The van der Waals surface area contributed by atoms with Crippen LogP contribution in [0.5, 0.6) is 0 Å². The monoisotopic (exact) mass is 402 g/mol. The highest BCUT2D eigenvalue weighted by atomic mass is 35.5. The first kappa shape index (κ1) is 18.8. The lowest BCUT2D eigenvalue weighted by Crippen LogP contribution is -2.28. The zero-order valence-corrected chi connectivity index (χ0v) is 17.2. The number of nitrogens with one attached hydrogen (secondary N) is 1. The predicted octanol–water partition coefficient (Wildman–Crippen LogP) is 4.11. The van der Waals surface area contributed by atoms with Gasteiger partial charge in [0.25, 0.3) is 0 Å². The normalized spacial score (nSPS) is 25.0. The highest BCUT2D eigenvalue weighted by Crippen LogP contribution is 2.45. The number of fused-ring (bicyclic) bond motifs is 1. The summed E-state index contributed by atoms with van der Waals surface area (Å²) in [5, 5.41) is 15.6. The number of aliphatic imine (C=N–C) groups is 1. The fraction of sp³-hybridized carbons (Fsp3) is 0.429. The standard InChI is InChI=1S/C21H25ClN3OS/c1-21(2,26)14-7-5-13(6-8-14)18-19(16-4-3-11-23-20(16)25-18)27-17-10-9-15(22)12-24-17/h3,7,9-13,16,22,26H,4-6,8H2,1-2H3,(H,23,25)/q+1. The zero-order valence-electron chi connectivity index (χ0n) is 15.6. The Morgan fingerprint density at radius 2 is 2.15 bits per heavy atom. The number of nitrogens with zero attached hydrogens (tertiary/aromatic N) is 2. The van der Waals surface area contributed by atoms with Crippen LogP contribution in [0.15, 0.2) is 62.9 Å². The molecule has 142 valence electrons. The van der Waals surface area contributed by atoms with Gasteiger partial charge in [0.15, 0.2) is 11.6 Å². The summed E-state index contributed by atoms with van der Waals surface area (Å²) in [4.78, 5) is 10.4. The second-order valence-electron chi connectivity index (χ2n) is 7.78. The molecule has 2 atom stereocenters. The van der Waals surface area contributed by atoms with E-state index in [0.717, 1.165) is 47.1 Å². The van der Waals surface area contributed by atoms with Crippen molar-refractivity contribution in [2.45, 2.75) is 50.2 Å². The van der Waals surface area contributed by atoms with Crippen molar-refractivity contribution in [3.63, 3.8) is 0 Å². The minimum atomic E-state index is -0.724. The van der Waals surface area contributed by atoms with Crippen LogP contribution in [0.25, 0.3) is 0 Å². The number of hydrogen-bond donors (Lipinski definition) is 2. The lowest BCUT2D eigenvalue weighted by molar-refractivity contribution is -0.289. The van der Waals surface area contributed by atoms with Crippen LogP contribution in [0, 0.1) is 23.4 Å². The highest BCUT2D eigenvalue weighted by Gasteiger charge is 2.37. The molecule has 1 aliphatic carbocycles. The molecule has 2 unspecified atom stereocenters. The fourth-order valence-corrected chi connectivity index (χ4v) is 5.16. The van der Waals surface area contributed by atoms with Gasteiger partial charge in [-0.2, -0.15) is 0 Å². The second-order valence-corrected chi connectivity index (χ2v) is 9.32. The second kappa shape index (κ2) is 7.46. The van der Waals surface area contributed by atoms with E-state index in [4.69, 9.17) is 11.6 Å². The molecule has 2 aliphatic heterocycles. The molecule has 1 aromatic heterocycles. The van der Waals surface area contributed by atoms with E-state index in [0.29, 0.717) is 11.8 Å². The first-order valence-corrected chi connectivity index (χ1v) is 10.6. The zero-order chi connectivity index (χ0) is 19.0. The van der Waals surface area contributed by atoms with Crippen LogP contribution in [-0.4, -0.2) is 21.5 Å². The smallest absolute Gasteiger partial charge is 0.243 e. The van der Waals surface area contributed by atoms with Crippen molar-refractivity contribution >= 4 is 17.6 Å². The van der Waals surface area contributed by atoms with Crippen LogP contribution >= 0.6 is 11.8 Å². The van der Waals surface area contributed by atoms with E-state index in [9.17, 15) is 5.11 Å². The molecule has 0 bridgehead atoms. The summed E-state index contributed by atoms with van der Waals surface area (Å²) in [5.41, 5.74) is 1.70. The largest absolute Gasteiger partial charge is 0.386 e. The Morgan fingerprint density at radius 1 is 1.30 bits per heavy atom. The van der Waals surface area contributed by atoms with Crippen LogP contribution in [-0.2, 0) is 0 Å². The summed E-state index contributed by atoms with van der Waals surface area (Å²) in [6.45, 7) is 3.74. The van der Waals surface area contributed by atoms with Crippen molar-refractivity contribution in [3.05, 3.63) is 57.9 Å². The van der Waals surface area contributed by atoms with E-state index in [1.54, 1.807) is 18.0 Å². The fourth-order valence-electron chi connectivity index (χ4n) is 3.89. The highest BCUT2D eigenvalue weighted by molar-refractivity contribution is 8.03. The van der Waals surface area contributed by atoms with Gasteiger partial charge in [0, 0.05) is 28.8 Å². The summed E-state index contributed by atoms with van der Waals surface area (Å²) >= 11 is 6.89. The molecule has 3 heterocycles. The molecule has 0 amide bonds. The van der Waals surface area contributed by atoms with Crippen LogP contribution < -0.4 is 5.32 Å². The Hall–Kier alpha value is -1.56. The van der Waals surface area contributed by atoms with Gasteiger partial charge >= 0.3 is 0 Å². The number of amidine groups is 1. The molecule has 0 spiro atoms. The molecular formula is C21H25ClN3OS+. The molecule has 2 N–H and O–H groups in total. The maximum absolute atomic E-state index is 10.3. The Labute approximate surface area is 169 Å². The lowest BCUT2D eigenvalue weighted by atomic mass is 9.81. The van der Waals surface area contributed by atoms with Crippen LogP contribution in [0.2, 0.25) is 5.02 Å². The van der Waals surface area contributed by atoms with Gasteiger partial charge in [0.1, 0.15) is 10.9 Å². The summed E-state index contributed by atoms with van der Waals surface area (Å²) in [5.74, 6) is 1.76. The number of aromatic nitrogens is 1. The third-order valence-electron chi connectivity index (χ3n) is 5.39. The average molecular weight is 403 g/mol. The van der Waals surface area contributed by atoms with E-state index in [1.165, 1.54) is 10.6 Å². The third kappa shape index (κ3) is 4.00. The van der Waals surface area contributed by atoms with Crippen LogP contribution in [0.4, 0.5) is 0 Å². The molecule has 0 saturated carbocycles. The van der Waals surface area contributed by atoms with Gasteiger partial charge in [0.05, 0.1) is 17.7 Å². The number of hydrogen-bond acceptors (Lipinski definition) is 5.